The van der Waals surface area contributed by atoms with Gasteiger partial charge in [0, 0.05) is 25.0 Å². The van der Waals surface area contributed by atoms with Crippen molar-refractivity contribution in [1.82, 2.24) is 4.98 Å². The first-order valence-corrected chi connectivity index (χ1v) is 6.02. The minimum absolute atomic E-state index is 0.358. The Morgan fingerprint density at radius 1 is 1.60 bits per heavy atom. The Kier molecular flexibility index (Phi) is 3.59. The van der Waals surface area contributed by atoms with Crippen molar-refractivity contribution in [2.75, 3.05) is 11.9 Å². The van der Waals surface area contributed by atoms with E-state index in [2.05, 4.69) is 33.2 Å². The number of aromatic nitrogens is 1. The standard InChI is InChI=1S/C11H15BrN2O/c1-8-6-9(3-5-15-8)14-11-2-4-13-7-10(11)12/h2,4,7-9H,3,5-6H2,1H3,(H,13,14). The summed E-state index contributed by atoms with van der Waals surface area (Å²) < 4.78 is 6.53. The van der Waals surface area contributed by atoms with Crippen molar-refractivity contribution < 1.29 is 4.74 Å². The second-order valence-electron chi connectivity index (χ2n) is 3.90. The summed E-state index contributed by atoms with van der Waals surface area (Å²) in [4.78, 5) is 4.04. The lowest BCUT2D eigenvalue weighted by Gasteiger charge is -2.28. The fraction of sp³-hybridized carbons (Fsp3) is 0.545. The smallest absolute Gasteiger partial charge is 0.0590 e. The molecule has 4 heteroatoms. The predicted octanol–water partition coefficient (Wildman–Crippen LogP) is 2.82. The van der Waals surface area contributed by atoms with Crippen LogP contribution in [-0.2, 0) is 4.74 Å². The van der Waals surface area contributed by atoms with Gasteiger partial charge in [0.05, 0.1) is 16.3 Å². The number of nitrogens with one attached hydrogen (secondary N) is 1. The van der Waals surface area contributed by atoms with Crippen LogP contribution in [-0.4, -0.2) is 23.7 Å². The second kappa shape index (κ2) is 4.94. The molecular weight excluding hydrogens is 256 g/mol. The SMILES string of the molecule is CC1CC(Nc2ccncc2Br)CCO1. The lowest BCUT2D eigenvalue weighted by Crippen LogP contribution is -2.32. The molecule has 2 atom stereocenters. The van der Waals surface area contributed by atoms with E-state index in [1.807, 2.05) is 12.3 Å². The van der Waals surface area contributed by atoms with Crippen LogP contribution < -0.4 is 5.32 Å². The van der Waals surface area contributed by atoms with Crippen LogP contribution in [0.1, 0.15) is 19.8 Å². The van der Waals surface area contributed by atoms with Gasteiger partial charge in [-0.05, 0) is 41.8 Å². The molecular formula is C11H15BrN2O. The van der Waals surface area contributed by atoms with E-state index in [0.717, 1.165) is 29.6 Å². The molecule has 0 saturated carbocycles. The summed E-state index contributed by atoms with van der Waals surface area (Å²) in [5, 5.41) is 3.51. The molecule has 0 amide bonds. The number of anilines is 1. The van der Waals surface area contributed by atoms with Crippen molar-refractivity contribution in [1.29, 1.82) is 0 Å². The Bertz CT molecular complexity index is 332. The van der Waals surface area contributed by atoms with Crippen LogP contribution in [0.3, 0.4) is 0 Å². The summed E-state index contributed by atoms with van der Waals surface area (Å²) in [6.07, 6.45) is 6.10. The van der Waals surface area contributed by atoms with Gasteiger partial charge in [0.15, 0.2) is 0 Å². The van der Waals surface area contributed by atoms with E-state index in [1.54, 1.807) is 6.20 Å². The summed E-state index contributed by atoms with van der Waals surface area (Å²) in [5.74, 6) is 0. The Morgan fingerprint density at radius 2 is 2.47 bits per heavy atom. The average molecular weight is 271 g/mol. The molecule has 2 heterocycles. The Balaban J connectivity index is 1.99. The number of ether oxygens (including phenoxy) is 1. The van der Waals surface area contributed by atoms with Gasteiger partial charge in [0.25, 0.3) is 0 Å². The summed E-state index contributed by atoms with van der Waals surface area (Å²) in [5.41, 5.74) is 1.11. The molecule has 0 radical (unpaired) electrons. The summed E-state index contributed by atoms with van der Waals surface area (Å²) >= 11 is 3.48. The van der Waals surface area contributed by atoms with Crippen molar-refractivity contribution in [3.8, 4) is 0 Å². The lowest BCUT2D eigenvalue weighted by atomic mass is 10.0. The number of halogens is 1. The molecule has 1 N–H and O–H groups in total. The minimum Gasteiger partial charge on any atom is -0.381 e. The minimum atomic E-state index is 0.358. The van der Waals surface area contributed by atoms with E-state index in [1.165, 1.54) is 0 Å². The fourth-order valence-electron chi connectivity index (χ4n) is 1.84. The fourth-order valence-corrected chi connectivity index (χ4v) is 2.21. The number of hydrogen-bond donors (Lipinski definition) is 1. The molecule has 1 fully saturated rings. The van der Waals surface area contributed by atoms with Crippen LogP contribution in [0.5, 0.6) is 0 Å². The molecule has 1 aromatic rings. The van der Waals surface area contributed by atoms with E-state index in [-0.39, 0.29) is 0 Å². The monoisotopic (exact) mass is 270 g/mol. The average Bonchev–Trinajstić information content (AvgIpc) is 2.22. The first kappa shape index (κ1) is 10.9. The van der Waals surface area contributed by atoms with Gasteiger partial charge < -0.3 is 10.1 Å². The number of hydrogen-bond acceptors (Lipinski definition) is 3. The third kappa shape index (κ3) is 2.92. The van der Waals surface area contributed by atoms with Gasteiger partial charge >= 0.3 is 0 Å². The van der Waals surface area contributed by atoms with Crippen LogP contribution in [0.4, 0.5) is 5.69 Å². The zero-order valence-corrected chi connectivity index (χ0v) is 10.3. The van der Waals surface area contributed by atoms with Crippen LogP contribution in [0, 0.1) is 0 Å². The van der Waals surface area contributed by atoms with E-state index < -0.39 is 0 Å². The Hall–Kier alpha value is -0.610. The van der Waals surface area contributed by atoms with E-state index in [4.69, 9.17) is 4.74 Å². The van der Waals surface area contributed by atoms with Crippen molar-refractivity contribution >= 4 is 21.6 Å². The molecule has 2 rings (SSSR count). The highest BCUT2D eigenvalue weighted by Gasteiger charge is 2.19. The third-order valence-corrected chi connectivity index (χ3v) is 3.25. The molecule has 1 aromatic heterocycles. The molecule has 0 spiro atoms. The topological polar surface area (TPSA) is 34.2 Å². The maximum atomic E-state index is 5.51. The quantitative estimate of drug-likeness (QED) is 0.898. The number of pyridine rings is 1. The van der Waals surface area contributed by atoms with E-state index in [9.17, 15) is 0 Å². The second-order valence-corrected chi connectivity index (χ2v) is 4.76. The highest BCUT2D eigenvalue weighted by atomic mass is 79.9. The van der Waals surface area contributed by atoms with Gasteiger partial charge in [-0.1, -0.05) is 0 Å². The van der Waals surface area contributed by atoms with Gasteiger partial charge in [-0.15, -0.1) is 0 Å². The highest BCUT2D eigenvalue weighted by Crippen LogP contribution is 2.24. The maximum Gasteiger partial charge on any atom is 0.0590 e. The van der Waals surface area contributed by atoms with E-state index in [0.29, 0.717) is 12.1 Å². The van der Waals surface area contributed by atoms with Gasteiger partial charge in [-0.2, -0.15) is 0 Å². The maximum absolute atomic E-state index is 5.51. The Labute approximate surface area is 98.4 Å². The van der Waals surface area contributed by atoms with Gasteiger partial charge in [-0.3, -0.25) is 4.98 Å². The number of nitrogens with zero attached hydrogens (tertiary/aromatic N) is 1. The molecule has 1 aliphatic rings. The summed E-state index contributed by atoms with van der Waals surface area (Å²) in [6, 6.07) is 2.50. The normalized spacial score (nSPS) is 26.3. The largest absolute Gasteiger partial charge is 0.381 e. The molecule has 3 nitrogen and oxygen atoms in total. The van der Waals surface area contributed by atoms with Crippen LogP contribution in [0.2, 0.25) is 0 Å². The predicted molar refractivity (Wildman–Crippen MR) is 64.0 cm³/mol. The molecule has 0 aromatic carbocycles. The third-order valence-electron chi connectivity index (χ3n) is 2.62. The molecule has 0 aliphatic carbocycles. The molecule has 1 saturated heterocycles. The molecule has 2 unspecified atom stereocenters. The first-order valence-electron chi connectivity index (χ1n) is 5.23. The molecule has 15 heavy (non-hydrogen) atoms. The van der Waals surface area contributed by atoms with Crippen molar-refractivity contribution in [2.24, 2.45) is 0 Å². The summed E-state index contributed by atoms with van der Waals surface area (Å²) in [7, 11) is 0. The number of rotatable bonds is 2. The zero-order chi connectivity index (χ0) is 10.7. The van der Waals surface area contributed by atoms with Gasteiger partial charge in [-0.25, -0.2) is 0 Å². The summed E-state index contributed by atoms with van der Waals surface area (Å²) in [6.45, 7) is 2.97. The van der Waals surface area contributed by atoms with Gasteiger partial charge in [0.2, 0.25) is 0 Å². The Morgan fingerprint density at radius 3 is 3.20 bits per heavy atom. The lowest BCUT2D eigenvalue weighted by molar-refractivity contribution is 0.0232. The van der Waals surface area contributed by atoms with Crippen LogP contribution in [0.15, 0.2) is 22.9 Å². The van der Waals surface area contributed by atoms with Crippen LogP contribution >= 0.6 is 15.9 Å². The first-order chi connectivity index (χ1) is 7.25. The van der Waals surface area contributed by atoms with Crippen LogP contribution in [0.25, 0.3) is 0 Å². The zero-order valence-electron chi connectivity index (χ0n) is 8.74. The van der Waals surface area contributed by atoms with Crippen molar-refractivity contribution in [2.45, 2.75) is 31.9 Å². The van der Waals surface area contributed by atoms with Crippen molar-refractivity contribution in [3.05, 3.63) is 22.9 Å². The van der Waals surface area contributed by atoms with Gasteiger partial charge in [0.1, 0.15) is 0 Å². The molecule has 0 bridgehead atoms. The molecule has 82 valence electrons. The van der Waals surface area contributed by atoms with Crippen molar-refractivity contribution in [3.63, 3.8) is 0 Å². The van der Waals surface area contributed by atoms with E-state index >= 15 is 0 Å². The highest BCUT2D eigenvalue weighted by molar-refractivity contribution is 9.10. The molecule has 1 aliphatic heterocycles.